The number of hydrogen-bond donors (Lipinski definition) is 2. The lowest BCUT2D eigenvalue weighted by Crippen LogP contribution is -2.51. The number of likely N-dealkylation sites (tertiary alicyclic amines) is 1. The largest absolute Gasteiger partial charge is 0.405 e. The topological polar surface area (TPSA) is 67.9 Å². The van der Waals surface area contributed by atoms with Crippen LogP contribution in [0.4, 0.5) is 18.0 Å². The van der Waals surface area contributed by atoms with Crippen molar-refractivity contribution in [3.8, 4) is 0 Å². The second kappa shape index (κ2) is 11.5. The van der Waals surface area contributed by atoms with E-state index in [1.165, 1.54) is 10.5 Å². The lowest BCUT2D eigenvalue weighted by Gasteiger charge is -2.34. The molecule has 3 rings (SSSR count). The Morgan fingerprint density at radius 1 is 0.969 bits per heavy atom. The van der Waals surface area contributed by atoms with Gasteiger partial charge in [0, 0.05) is 45.8 Å². The van der Waals surface area contributed by atoms with E-state index < -0.39 is 24.7 Å². The van der Waals surface area contributed by atoms with Crippen molar-refractivity contribution in [1.82, 2.24) is 25.3 Å². The number of rotatable bonds is 8. The Morgan fingerprint density at radius 2 is 1.66 bits per heavy atom. The van der Waals surface area contributed by atoms with Crippen LogP contribution in [0.5, 0.6) is 0 Å². The molecule has 2 aliphatic rings. The van der Waals surface area contributed by atoms with Crippen molar-refractivity contribution in [1.29, 1.82) is 0 Å². The molecule has 1 aromatic rings. The van der Waals surface area contributed by atoms with Gasteiger partial charge in [0.1, 0.15) is 12.6 Å². The number of nitrogens with zero attached hydrogens (tertiary/aromatic N) is 3. The summed E-state index contributed by atoms with van der Waals surface area (Å²) in [5.74, 6) is -0.747. The van der Waals surface area contributed by atoms with Gasteiger partial charge < -0.3 is 20.4 Å². The molecule has 2 N–H and O–H groups in total. The highest BCUT2D eigenvalue weighted by Gasteiger charge is 2.36. The third-order valence-electron chi connectivity index (χ3n) is 5.92. The third-order valence-corrected chi connectivity index (χ3v) is 5.92. The van der Waals surface area contributed by atoms with Crippen molar-refractivity contribution < 1.29 is 22.8 Å². The molecule has 0 spiro atoms. The monoisotopic (exact) mass is 455 g/mol. The number of halogens is 3. The lowest BCUT2D eigenvalue weighted by atomic mass is 10.2. The van der Waals surface area contributed by atoms with Crippen molar-refractivity contribution in [3.63, 3.8) is 0 Å². The van der Waals surface area contributed by atoms with E-state index in [-0.39, 0.29) is 6.03 Å². The minimum atomic E-state index is -4.46. The number of hydrogen-bond acceptors (Lipinski definition) is 4. The maximum Gasteiger partial charge on any atom is 0.405 e. The minimum Gasteiger partial charge on any atom is -0.345 e. The molecule has 2 aliphatic heterocycles. The summed E-state index contributed by atoms with van der Waals surface area (Å²) >= 11 is 0. The second-order valence-corrected chi connectivity index (χ2v) is 8.37. The molecular formula is C22H32F3N5O2. The maximum atomic E-state index is 12.4. The molecule has 2 fully saturated rings. The van der Waals surface area contributed by atoms with Crippen molar-refractivity contribution >= 4 is 11.9 Å². The first-order valence-corrected chi connectivity index (χ1v) is 11.2. The SMILES string of the molecule is O=C(NCC(F)(F)F)C1CCCN1C(=O)NCCCN1CCN(Cc2ccccc2)CC1. The minimum absolute atomic E-state index is 0.374. The fraction of sp³-hybridized carbons (Fsp3) is 0.636. The van der Waals surface area contributed by atoms with Gasteiger partial charge in [0.05, 0.1) is 0 Å². The zero-order valence-electron chi connectivity index (χ0n) is 18.2. The fourth-order valence-corrected chi connectivity index (χ4v) is 4.20. The van der Waals surface area contributed by atoms with E-state index in [1.54, 1.807) is 0 Å². The Balaban J connectivity index is 1.31. The van der Waals surface area contributed by atoms with Crippen molar-refractivity contribution in [2.24, 2.45) is 0 Å². The van der Waals surface area contributed by atoms with Gasteiger partial charge in [-0.2, -0.15) is 13.2 Å². The highest BCUT2D eigenvalue weighted by molar-refractivity contribution is 5.87. The zero-order chi connectivity index (χ0) is 23.0. The molecule has 2 heterocycles. The summed E-state index contributed by atoms with van der Waals surface area (Å²) in [6, 6.07) is 9.18. The Kier molecular flexibility index (Phi) is 8.75. The van der Waals surface area contributed by atoms with Gasteiger partial charge in [-0.05, 0) is 31.4 Å². The van der Waals surface area contributed by atoms with Crippen LogP contribution in [0.3, 0.4) is 0 Å². The highest BCUT2D eigenvalue weighted by Crippen LogP contribution is 2.18. The van der Waals surface area contributed by atoms with Gasteiger partial charge >= 0.3 is 12.2 Å². The number of amides is 3. The summed E-state index contributed by atoms with van der Waals surface area (Å²) in [5, 5.41) is 4.69. The summed E-state index contributed by atoms with van der Waals surface area (Å²) < 4.78 is 37.0. The first-order chi connectivity index (χ1) is 15.3. The first-order valence-electron chi connectivity index (χ1n) is 11.2. The number of urea groups is 1. The summed E-state index contributed by atoms with van der Waals surface area (Å²) in [6.45, 7) is 5.26. The van der Waals surface area contributed by atoms with E-state index in [0.29, 0.717) is 25.9 Å². The first kappa shape index (κ1) is 24.3. The molecule has 0 aromatic heterocycles. The summed E-state index contributed by atoms with van der Waals surface area (Å²) in [6.07, 6.45) is -2.70. The Bertz CT molecular complexity index is 739. The van der Waals surface area contributed by atoms with Crippen LogP contribution in [0.25, 0.3) is 0 Å². The molecule has 178 valence electrons. The van der Waals surface area contributed by atoms with Crippen LogP contribution in [0.15, 0.2) is 30.3 Å². The maximum absolute atomic E-state index is 12.4. The normalized spacial score (nSPS) is 20.3. The molecule has 0 radical (unpaired) electrons. The molecule has 3 amide bonds. The predicted molar refractivity (Wildman–Crippen MR) is 115 cm³/mol. The second-order valence-electron chi connectivity index (χ2n) is 8.37. The molecule has 2 saturated heterocycles. The van der Waals surface area contributed by atoms with Gasteiger partial charge in [-0.25, -0.2) is 4.79 Å². The van der Waals surface area contributed by atoms with Gasteiger partial charge in [0.15, 0.2) is 0 Å². The van der Waals surface area contributed by atoms with Crippen LogP contribution >= 0.6 is 0 Å². The molecule has 10 heteroatoms. The third kappa shape index (κ3) is 7.67. The molecule has 1 aromatic carbocycles. The van der Waals surface area contributed by atoms with Crippen molar-refractivity contribution in [2.45, 2.75) is 38.0 Å². The van der Waals surface area contributed by atoms with Crippen molar-refractivity contribution in [2.75, 3.05) is 52.4 Å². The number of alkyl halides is 3. The molecule has 0 aliphatic carbocycles. The molecule has 1 atom stereocenters. The molecule has 0 saturated carbocycles. The quantitative estimate of drug-likeness (QED) is 0.589. The average Bonchev–Trinajstić information content (AvgIpc) is 3.26. The van der Waals surface area contributed by atoms with Crippen LogP contribution in [0.2, 0.25) is 0 Å². The summed E-state index contributed by atoms with van der Waals surface area (Å²) in [5.41, 5.74) is 1.32. The fourth-order valence-electron chi connectivity index (χ4n) is 4.20. The average molecular weight is 456 g/mol. The van der Waals surface area contributed by atoms with Crippen LogP contribution in [-0.4, -0.2) is 91.2 Å². The van der Waals surface area contributed by atoms with Gasteiger partial charge in [-0.15, -0.1) is 0 Å². The molecular weight excluding hydrogens is 423 g/mol. The van der Waals surface area contributed by atoms with E-state index in [4.69, 9.17) is 0 Å². The van der Waals surface area contributed by atoms with Crippen LogP contribution in [0.1, 0.15) is 24.8 Å². The van der Waals surface area contributed by atoms with Gasteiger partial charge in [0.25, 0.3) is 0 Å². The number of carbonyl (C=O) groups excluding carboxylic acids is 2. The van der Waals surface area contributed by atoms with E-state index in [1.807, 2.05) is 11.4 Å². The van der Waals surface area contributed by atoms with Gasteiger partial charge in [0.2, 0.25) is 5.91 Å². The summed E-state index contributed by atoms with van der Waals surface area (Å²) in [7, 11) is 0. The molecule has 1 unspecified atom stereocenters. The van der Waals surface area contributed by atoms with E-state index >= 15 is 0 Å². The van der Waals surface area contributed by atoms with Gasteiger partial charge in [-0.3, -0.25) is 9.69 Å². The van der Waals surface area contributed by atoms with Crippen LogP contribution in [0, 0.1) is 0 Å². The van der Waals surface area contributed by atoms with E-state index in [9.17, 15) is 22.8 Å². The molecule has 0 bridgehead atoms. The predicted octanol–water partition coefficient (Wildman–Crippen LogP) is 2.05. The number of carbonyl (C=O) groups is 2. The van der Waals surface area contributed by atoms with Gasteiger partial charge in [-0.1, -0.05) is 30.3 Å². The van der Waals surface area contributed by atoms with Crippen LogP contribution in [-0.2, 0) is 11.3 Å². The molecule has 32 heavy (non-hydrogen) atoms. The standard InChI is InChI=1S/C22H32F3N5O2/c23-22(24,25)17-27-20(31)19-8-4-11-30(19)21(32)26-9-5-10-28-12-14-29(15-13-28)16-18-6-2-1-3-7-18/h1-3,6-7,19H,4-5,8-17H2,(H,26,32)(H,27,31). The Labute approximate surface area is 186 Å². The zero-order valence-corrected chi connectivity index (χ0v) is 18.2. The van der Waals surface area contributed by atoms with Crippen molar-refractivity contribution in [3.05, 3.63) is 35.9 Å². The highest BCUT2D eigenvalue weighted by atomic mass is 19.4. The van der Waals surface area contributed by atoms with E-state index in [0.717, 1.165) is 45.7 Å². The Hall–Kier alpha value is -2.33. The smallest absolute Gasteiger partial charge is 0.345 e. The van der Waals surface area contributed by atoms with Crippen LogP contribution < -0.4 is 10.6 Å². The number of piperazine rings is 1. The number of nitrogens with one attached hydrogen (secondary N) is 2. The summed E-state index contributed by atoms with van der Waals surface area (Å²) in [4.78, 5) is 30.6. The molecule has 7 nitrogen and oxygen atoms in total. The lowest BCUT2D eigenvalue weighted by molar-refractivity contribution is -0.140. The van der Waals surface area contributed by atoms with E-state index in [2.05, 4.69) is 39.4 Å². The number of benzene rings is 1. The Morgan fingerprint density at radius 3 is 2.34 bits per heavy atom.